The monoisotopic (exact) mass is 213 g/mol. The lowest BCUT2D eigenvalue weighted by atomic mass is 10.2. The van der Waals surface area contributed by atoms with Crippen LogP contribution in [0.1, 0.15) is 17.3 Å². The van der Waals surface area contributed by atoms with Crippen molar-refractivity contribution in [2.24, 2.45) is 0 Å². The predicted octanol–water partition coefficient (Wildman–Crippen LogP) is 2.56. The van der Waals surface area contributed by atoms with Crippen molar-refractivity contribution in [2.75, 3.05) is 19.0 Å². The van der Waals surface area contributed by atoms with Gasteiger partial charge in [-0.05, 0) is 25.1 Å². The van der Waals surface area contributed by atoms with Gasteiger partial charge in [0.15, 0.2) is 0 Å². The molecule has 0 bridgehead atoms. The van der Waals surface area contributed by atoms with Crippen LogP contribution < -0.4 is 5.32 Å². The summed E-state index contributed by atoms with van der Waals surface area (Å²) < 4.78 is 4.84. The van der Waals surface area contributed by atoms with E-state index < -0.39 is 0 Å². The molecule has 0 aromatic heterocycles. The van der Waals surface area contributed by atoms with E-state index in [1.54, 1.807) is 32.2 Å². The predicted molar refractivity (Wildman–Crippen MR) is 57.0 cm³/mol. The van der Waals surface area contributed by atoms with Gasteiger partial charge in [0.05, 0.1) is 17.2 Å². The standard InChI is InChI=1S/C10H12ClNO2/c1-3-14-10(13)8-5-4-7(12-2)6-9(8)11/h4-6,12H,3H2,1-2H3. The van der Waals surface area contributed by atoms with Crippen molar-refractivity contribution in [2.45, 2.75) is 6.92 Å². The molecule has 0 saturated heterocycles. The molecule has 0 aliphatic carbocycles. The third-order valence-corrected chi connectivity index (χ3v) is 2.07. The van der Waals surface area contributed by atoms with Gasteiger partial charge in [-0.25, -0.2) is 4.79 Å². The van der Waals surface area contributed by atoms with Gasteiger partial charge >= 0.3 is 5.97 Å². The van der Waals surface area contributed by atoms with E-state index in [0.29, 0.717) is 17.2 Å². The molecular weight excluding hydrogens is 202 g/mol. The number of nitrogens with one attached hydrogen (secondary N) is 1. The minimum absolute atomic E-state index is 0.350. The summed E-state index contributed by atoms with van der Waals surface area (Å²) in [5.41, 5.74) is 1.26. The minimum Gasteiger partial charge on any atom is -0.462 e. The van der Waals surface area contributed by atoms with Crippen molar-refractivity contribution in [1.29, 1.82) is 0 Å². The first kappa shape index (κ1) is 10.9. The Morgan fingerprint density at radius 1 is 1.57 bits per heavy atom. The Bertz CT molecular complexity index is 339. The van der Waals surface area contributed by atoms with Crippen molar-refractivity contribution < 1.29 is 9.53 Å². The number of hydrogen-bond acceptors (Lipinski definition) is 3. The number of carbonyl (C=O) groups is 1. The van der Waals surface area contributed by atoms with Gasteiger partial charge in [0.2, 0.25) is 0 Å². The lowest BCUT2D eigenvalue weighted by Gasteiger charge is -2.05. The third-order valence-electron chi connectivity index (χ3n) is 1.75. The average molecular weight is 214 g/mol. The van der Waals surface area contributed by atoms with Gasteiger partial charge in [-0.3, -0.25) is 0 Å². The fourth-order valence-electron chi connectivity index (χ4n) is 1.05. The second-order valence-electron chi connectivity index (χ2n) is 2.67. The Balaban J connectivity index is 2.94. The van der Waals surface area contributed by atoms with Crippen molar-refractivity contribution in [3.8, 4) is 0 Å². The van der Waals surface area contributed by atoms with Gasteiger partial charge in [-0.15, -0.1) is 0 Å². The molecule has 0 spiro atoms. The van der Waals surface area contributed by atoms with E-state index in [4.69, 9.17) is 16.3 Å². The van der Waals surface area contributed by atoms with Gasteiger partial charge in [0.25, 0.3) is 0 Å². The molecule has 76 valence electrons. The van der Waals surface area contributed by atoms with Crippen molar-refractivity contribution in [3.63, 3.8) is 0 Å². The molecular formula is C10H12ClNO2. The highest BCUT2D eigenvalue weighted by Crippen LogP contribution is 2.21. The second kappa shape index (κ2) is 4.86. The van der Waals surface area contributed by atoms with Crippen LogP contribution in [0.25, 0.3) is 0 Å². The zero-order chi connectivity index (χ0) is 10.6. The van der Waals surface area contributed by atoms with E-state index in [9.17, 15) is 4.79 Å². The van der Waals surface area contributed by atoms with Crippen LogP contribution in [-0.4, -0.2) is 19.6 Å². The average Bonchev–Trinajstić information content (AvgIpc) is 2.17. The number of benzene rings is 1. The van der Waals surface area contributed by atoms with E-state index in [0.717, 1.165) is 5.69 Å². The molecule has 0 unspecified atom stereocenters. The third kappa shape index (κ3) is 2.39. The molecule has 0 radical (unpaired) electrons. The number of rotatable bonds is 3. The Hall–Kier alpha value is -1.22. The SMILES string of the molecule is CCOC(=O)c1ccc(NC)cc1Cl. The molecule has 1 N–H and O–H groups in total. The second-order valence-corrected chi connectivity index (χ2v) is 3.07. The summed E-state index contributed by atoms with van der Waals surface area (Å²) >= 11 is 5.90. The first-order valence-corrected chi connectivity index (χ1v) is 4.71. The van der Waals surface area contributed by atoms with Crippen LogP contribution in [-0.2, 0) is 4.74 Å². The van der Waals surface area contributed by atoms with Gasteiger partial charge in [0, 0.05) is 12.7 Å². The van der Waals surface area contributed by atoms with E-state index >= 15 is 0 Å². The number of halogens is 1. The van der Waals surface area contributed by atoms with Crippen LogP contribution in [0.5, 0.6) is 0 Å². The summed E-state index contributed by atoms with van der Waals surface area (Å²) in [6, 6.07) is 5.11. The summed E-state index contributed by atoms with van der Waals surface area (Å²) in [5.74, 6) is -0.389. The zero-order valence-corrected chi connectivity index (χ0v) is 8.89. The van der Waals surface area contributed by atoms with E-state index in [-0.39, 0.29) is 5.97 Å². The largest absolute Gasteiger partial charge is 0.462 e. The Kier molecular flexibility index (Phi) is 3.77. The Morgan fingerprint density at radius 3 is 2.79 bits per heavy atom. The fraction of sp³-hybridized carbons (Fsp3) is 0.300. The summed E-state index contributed by atoms with van der Waals surface area (Å²) in [4.78, 5) is 11.3. The van der Waals surface area contributed by atoms with E-state index in [1.165, 1.54) is 0 Å². The highest BCUT2D eigenvalue weighted by molar-refractivity contribution is 6.33. The van der Waals surface area contributed by atoms with Gasteiger partial charge in [-0.1, -0.05) is 11.6 Å². The van der Waals surface area contributed by atoms with Crippen LogP contribution in [0, 0.1) is 0 Å². The Morgan fingerprint density at radius 2 is 2.29 bits per heavy atom. The highest BCUT2D eigenvalue weighted by atomic mass is 35.5. The summed E-state index contributed by atoms with van der Waals surface area (Å²) in [7, 11) is 1.79. The van der Waals surface area contributed by atoms with Crippen LogP contribution in [0.2, 0.25) is 5.02 Å². The van der Waals surface area contributed by atoms with Crippen LogP contribution >= 0.6 is 11.6 Å². The maximum Gasteiger partial charge on any atom is 0.339 e. The smallest absolute Gasteiger partial charge is 0.339 e. The van der Waals surface area contributed by atoms with E-state index in [2.05, 4.69) is 5.32 Å². The topological polar surface area (TPSA) is 38.3 Å². The molecule has 1 aromatic rings. The summed E-state index contributed by atoms with van der Waals surface area (Å²) in [6.45, 7) is 2.11. The molecule has 14 heavy (non-hydrogen) atoms. The minimum atomic E-state index is -0.389. The molecule has 0 fully saturated rings. The summed E-state index contributed by atoms with van der Waals surface area (Å²) in [6.07, 6.45) is 0. The highest BCUT2D eigenvalue weighted by Gasteiger charge is 2.10. The molecule has 1 rings (SSSR count). The van der Waals surface area contributed by atoms with Crippen LogP contribution in [0.4, 0.5) is 5.69 Å². The van der Waals surface area contributed by atoms with Crippen molar-refractivity contribution >= 4 is 23.3 Å². The number of ether oxygens (including phenoxy) is 1. The fourth-order valence-corrected chi connectivity index (χ4v) is 1.30. The molecule has 0 amide bonds. The molecule has 0 aliphatic rings. The van der Waals surface area contributed by atoms with Gasteiger partial charge in [-0.2, -0.15) is 0 Å². The number of esters is 1. The molecule has 4 heteroatoms. The van der Waals surface area contributed by atoms with E-state index in [1.807, 2.05) is 0 Å². The number of carbonyl (C=O) groups excluding carboxylic acids is 1. The zero-order valence-electron chi connectivity index (χ0n) is 8.13. The van der Waals surface area contributed by atoms with Crippen molar-refractivity contribution in [3.05, 3.63) is 28.8 Å². The number of hydrogen-bond donors (Lipinski definition) is 1. The first-order chi connectivity index (χ1) is 6.69. The maximum absolute atomic E-state index is 11.3. The molecule has 1 aromatic carbocycles. The van der Waals surface area contributed by atoms with Gasteiger partial charge in [0.1, 0.15) is 0 Å². The lowest BCUT2D eigenvalue weighted by molar-refractivity contribution is 0.0526. The molecule has 3 nitrogen and oxygen atoms in total. The van der Waals surface area contributed by atoms with Crippen LogP contribution in [0.3, 0.4) is 0 Å². The van der Waals surface area contributed by atoms with Crippen molar-refractivity contribution in [1.82, 2.24) is 0 Å². The first-order valence-electron chi connectivity index (χ1n) is 4.33. The molecule has 0 heterocycles. The quantitative estimate of drug-likeness (QED) is 0.785. The lowest BCUT2D eigenvalue weighted by Crippen LogP contribution is -2.05. The van der Waals surface area contributed by atoms with Crippen LogP contribution in [0.15, 0.2) is 18.2 Å². The van der Waals surface area contributed by atoms with Gasteiger partial charge < -0.3 is 10.1 Å². The molecule has 0 saturated carbocycles. The number of anilines is 1. The maximum atomic E-state index is 11.3. The Labute approximate surface area is 88.0 Å². The molecule has 0 aliphatic heterocycles. The molecule has 0 atom stereocenters. The normalized spacial score (nSPS) is 9.64. The summed E-state index contributed by atoms with van der Waals surface area (Å²) in [5, 5.41) is 3.33.